The third kappa shape index (κ3) is 2.71. The van der Waals surface area contributed by atoms with E-state index in [0.717, 1.165) is 32.4 Å². The summed E-state index contributed by atoms with van der Waals surface area (Å²) >= 11 is 6.03. The number of nitrogens with one attached hydrogen (secondary N) is 1. The van der Waals surface area contributed by atoms with Gasteiger partial charge in [0.25, 0.3) is 5.91 Å². The van der Waals surface area contributed by atoms with Crippen molar-refractivity contribution in [3.8, 4) is 0 Å². The van der Waals surface area contributed by atoms with E-state index in [1.54, 1.807) is 18.2 Å². The molecule has 1 aromatic carbocycles. The zero-order chi connectivity index (χ0) is 15.0. The number of aromatic nitrogens is 1. The summed E-state index contributed by atoms with van der Waals surface area (Å²) in [5.74, 6) is -0.609. The van der Waals surface area contributed by atoms with Crippen LogP contribution in [-0.2, 0) is 11.0 Å². The SMILES string of the molecule is NC(=O)c1[nH]c2ccc(Cl)cc2c1S(=O)N1CCCCC1. The molecule has 1 aromatic heterocycles. The minimum absolute atomic E-state index is 0.205. The van der Waals surface area contributed by atoms with Gasteiger partial charge in [-0.05, 0) is 31.0 Å². The van der Waals surface area contributed by atoms with Crippen LogP contribution in [0.4, 0.5) is 0 Å². The number of carbonyl (C=O) groups excluding carboxylic acids is 1. The number of aromatic amines is 1. The van der Waals surface area contributed by atoms with Gasteiger partial charge >= 0.3 is 0 Å². The molecule has 1 aliphatic heterocycles. The lowest BCUT2D eigenvalue weighted by Crippen LogP contribution is -2.32. The van der Waals surface area contributed by atoms with Crippen LogP contribution < -0.4 is 5.73 Å². The lowest BCUT2D eigenvalue weighted by atomic mass is 10.2. The number of nitrogens with zero attached hydrogens (tertiary/aromatic N) is 1. The Morgan fingerprint density at radius 3 is 2.67 bits per heavy atom. The smallest absolute Gasteiger partial charge is 0.266 e. The highest BCUT2D eigenvalue weighted by atomic mass is 35.5. The summed E-state index contributed by atoms with van der Waals surface area (Å²) in [7, 11) is -1.41. The minimum Gasteiger partial charge on any atom is -0.364 e. The summed E-state index contributed by atoms with van der Waals surface area (Å²) in [6, 6.07) is 5.21. The lowest BCUT2D eigenvalue weighted by Gasteiger charge is -2.25. The largest absolute Gasteiger partial charge is 0.364 e. The Bertz CT molecular complexity index is 722. The number of benzene rings is 1. The zero-order valence-corrected chi connectivity index (χ0v) is 13.0. The predicted octanol–water partition coefficient (Wildman–Crippen LogP) is 2.43. The molecule has 3 N–H and O–H groups in total. The average Bonchev–Trinajstić information content (AvgIpc) is 2.86. The molecule has 0 aliphatic carbocycles. The number of H-pyrrole nitrogens is 1. The molecule has 112 valence electrons. The summed E-state index contributed by atoms with van der Waals surface area (Å²) in [5.41, 5.74) is 6.35. The average molecular weight is 326 g/mol. The Morgan fingerprint density at radius 2 is 2.00 bits per heavy atom. The van der Waals surface area contributed by atoms with Crippen LogP contribution in [0.15, 0.2) is 23.1 Å². The maximum Gasteiger partial charge on any atom is 0.266 e. The van der Waals surface area contributed by atoms with E-state index < -0.39 is 16.9 Å². The summed E-state index contributed by atoms with van der Waals surface area (Å²) in [4.78, 5) is 15.1. The molecule has 0 saturated carbocycles. The molecule has 5 nitrogen and oxygen atoms in total. The number of hydrogen-bond donors (Lipinski definition) is 2. The number of rotatable bonds is 3. The molecule has 2 heterocycles. The number of primary amides is 1. The fourth-order valence-corrected chi connectivity index (χ4v) is 4.36. The number of nitrogens with two attached hydrogens (primary N) is 1. The molecule has 0 bridgehead atoms. The Balaban J connectivity index is 2.14. The molecule has 1 unspecified atom stereocenters. The monoisotopic (exact) mass is 325 g/mol. The van der Waals surface area contributed by atoms with E-state index in [1.807, 2.05) is 4.31 Å². The quantitative estimate of drug-likeness (QED) is 0.909. The third-order valence-corrected chi connectivity index (χ3v) is 5.53. The van der Waals surface area contributed by atoms with Gasteiger partial charge in [-0.15, -0.1) is 0 Å². The Labute approximate surface area is 130 Å². The van der Waals surface area contributed by atoms with Gasteiger partial charge < -0.3 is 10.7 Å². The molecule has 7 heteroatoms. The van der Waals surface area contributed by atoms with Gasteiger partial charge in [0.05, 0.1) is 4.90 Å². The van der Waals surface area contributed by atoms with Gasteiger partial charge in [-0.2, -0.15) is 0 Å². The van der Waals surface area contributed by atoms with Crippen molar-refractivity contribution in [1.82, 2.24) is 9.29 Å². The van der Waals surface area contributed by atoms with E-state index >= 15 is 0 Å². The molecule has 2 aromatic rings. The maximum atomic E-state index is 12.9. The number of halogens is 1. The number of carbonyl (C=O) groups is 1. The van der Waals surface area contributed by atoms with Crippen LogP contribution in [-0.4, -0.2) is 32.5 Å². The van der Waals surface area contributed by atoms with Crippen LogP contribution in [0.5, 0.6) is 0 Å². The maximum absolute atomic E-state index is 12.9. The van der Waals surface area contributed by atoms with Crippen LogP contribution in [0, 0.1) is 0 Å². The Kier molecular flexibility index (Phi) is 4.01. The number of fused-ring (bicyclic) bond motifs is 1. The fraction of sp³-hybridized carbons (Fsp3) is 0.357. The molecular weight excluding hydrogens is 310 g/mol. The third-order valence-electron chi connectivity index (χ3n) is 3.68. The topological polar surface area (TPSA) is 79.2 Å². The first-order valence-corrected chi connectivity index (χ1v) is 8.34. The van der Waals surface area contributed by atoms with Gasteiger partial charge in [0.1, 0.15) is 16.7 Å². The molecule has 1 atom stereocenters. The van der Waals surface area contributed by atoms with E-state index in [9.17, 15) is 9.00 Å². The van der Waals surface area contributed by atoms with Crippen LogP contribution in [0.3, 0.4) is 0 Å². The first kappa shape index (κ1) is 14.6. The minimum atomic E-state index is -1.41. The first-order valence-electron chi connectivity index (χ1n) is 6.86. The summed E-state index contributed by atoms with van der Waals surface area (Å²) in [6.45, 7) is 1.52. The molecule has 21 heavy (non-hydrogen) atoms. The van der Waals surface area contributed by atoms with Gasteiger partial charge in [0, 0.05) is 29.0 Å². The van der Waals surface area contributed by atoms with Gasteiger partial charge in [-0.1, -0.05) is 18.0 Å². The highest BCUT2D eigenvalue weighted by molar-refractivity contribution is 7.83. The van der Waals surface area contributed by atoms with Crippen LogP contribution in [0.1, 0.15) is 29.8 Å². The number of piperidine rings is 1. The van der Waals surface area contributed by atoms with Gasteiger partial charge in [0.2, 0.25) is 0 Å². The first-order chi connectivity index (χ1) is 10.1. The van der Waals surface area contributed by atoms with E-state index in [0.29, 0.717) is 20.8 Å². The van der Waals surface area contributed by atoms with Crippen molar-refractivity contribution >= 4 is 39.4 Å². The highest BCUT2D eigenvalue weighted by Crippen LogP contribution is 2.30. The van der Waals surface area contributed by atoms with Crippen molar-refractivity contribution in [2.45, 2.75) is 24.2 Å². The molecule has 1 aliphatic rings. The molecule has 0 spiro atoms. The Hall–Kier alpha value is -1.37. The highest BCUT2D eigenvalue weighted by Gasteiger charge is 2.26. The van der Waals surface area contributed by atoms with E-state index in [1.165, 1.54) is 0 Å². The summed E-state index contributed by atoms with van der Waals surface area (Å²) < 4.78 is 14.8. The fourth-order valence-electron chi connectivity index (χ4n) is 2.65. The summed E-state index contributed by atoms with van der Waals surface area (Å²) in [5, 5.41) is 1.23. The number of amides is 1. The van der Waals surface area contributed by atoms with Crippen molar-refractivity contribution in [3.05, 3.63) is 28.9 Å². The Morgan fingerprint density at radius 1 is 1.29 bits per heavy atom. The summed E-state index contributed by atoms with van der Waals surface area (Å²) in [6.07, 6.45) is 3.18. The van der Waals surface area contributed by atoms with Crippen molar-refractivity contribution < 1.29 is 9.00 Å². The zero-order valence-electron chi connectivity index (χ0n) is 11.4. The number of hydrogen-bond acceptors (Lipinski definition) is 2. The van der Waals surface area contributed by atoms with Gasteiger partial charge in [-0.25, -0.2) is 8.51 Å². The van der Waals surface area contributed by atoms with Crippen molar-refractivity contribution in [2.24, 2.45) is 5.73 Å². The molecule has 1 saturated heterocycles. The van der Waals surface area contributed by atoms with Gasteiger partial charge in [-0.3, -0.25) is 4.79 Å². The normalized spacial score (nSPS) is 18.0. The molecule has 1 amide bonds. The molecule has 3 rings (SSSR count). The predicted molar refractivity (Wildman–Crippen MR) is 83.7 cm³/mol. The lowest BCUT2D eigenvalue weighted by molar-refractivity contribution is 0.0993. The van der Waals surface area contributed by atoms with E-state index in [4.69, 9.17) is 17.3 Å². The van der Waals surface area contributed by atoms with E-state index in [-0.39, 0.29) is 5.69 Å². The van der Waals surface area contributed by atoms with Crippen LogP contribution in [0.2, 0.25) is 5.02 Å². The molecular formula is C14H16ClN3O2S. The van der Waals surface area contributed by atoms with Crippen molar-refractivity contribution in [3.63, 3.8) is 0 Å². The second-order valence-corrected chi connectivity index (χ2v) is 6.98. The van der Waals surface area contributed by atoms with Gasteiger partial charge in [0.15, 0.2) is 0 Å². The van der Waals surface area contributed by atoms with E-state index in [2.05, 4.69) is 4.98 Å². The molecule has 0 radical (unpaired) electrons. The second kappa shape index (κ2) is 5.79. The standard InChI is InChI=1S/C14H16ClN3O2S/c15-9-4-5-11-10(8-9)13(12(17-11)14(16)19)21(20)18-6-2-1-3-7-18/h4-5,8,17H,1-3,6-7H2,(H2,16,19). The van der Waals surface area contributed by atoms with Crippen LogP contribution >= 0.6 is 11.6 Å². The van der Waals surface area contributed by atoms with Crippen LogP contribution in [0.25, 0.3) is 10.9 Å². The second-order valence-electron chi connectivity index (χ2n) is 5.12. The molecule has 1 fully saturated rings. The van der Waals surface area contributed by atoms with Crippen molar-refractivity contribution in [1.29, 1.82) is 0 Å². The van der Waals surface area contributed by atoms with Crippen molar-refractivity contribution in [2.75, 3.05) is 13.1 Å².